The number of piperazine rings is 1. The molecule has 2 N–H and O–H groups in total. The van der Waals surface area contributed by atoms with Gasteiger partial charge in [0.1, 0.15) is 5.82 Å². The van der Waals surface area contributed by atoms with Gasteiger partial charge in [-0.2, -0.15) is 0 Å². The van der Waals surface area contributed by atoms with Crippen LogP contribution in [0.15, 0.2) is 53.8 Å². The zero-order chi connectivity index (χ0) is 19.1. The molecule has 1 aromatic carbocycles. The predicted molar refractivity (Wildman–Crippen MR) is 121 cm³/mol. The van der Waals surface area contributed by atoms with Gasteiger partial charge in [0.05, 0.1) is 18.3 Å². The highest BCUT2D eigenvalue weighted by atomic mass is 127. The summed E-state index contributed by atoms with van der Waals surface area (Å²) in [7, 11) is 0. The number of aliphatic imine (C=N–C) groups is 1. The summed E-state index contributed by atoms with van der Waals surface area (Å²) >= 11 is 0. The number of guanidine groups is 1. The van der Waals surface area contributed by atoms with Gasteiger partial charge in [0.15, 0.2) is 5.96 Å². The molecule has 1 atom stereocenters. The smallest absolute Gasteiger partial charge is 0.194 e. The Hall–Kier alpha value is -1.94. The molecule has 0 radical (unpaired) electrons. The van der Waals surface area contributed by atoms with Crippen LogP contribution in [-0.4, -0.2) is 60.2 Å². The molecule has 28 heavy (non-hydrogen) atoms. The average Bonchev–Trinajstić information content (AvgIpc) is 2.72. The molecule has 1 unspecified atom stereocenters. The van der Waals surface area contributed by atoms with E-state index in [1.54, 1.807) is 30.6 Å². The molecule has 1 aliphatic heterocycles. The highest BCUT2D eigenvalue weighted by Gasteiger charge is 2.21. The highest BCUT2D eigenvalue weighted by molar-refractivity contribution is 14.0. The Morgan fingerprint density at radius 2 is 1.86 bits per heavy atom. The molecule has 1 aromatic heterocycles. The SMILES string of the molecule is CCNC(=NCC(O)c1ccncc1)N1CCN(c2ccccc2F)CC1.I. The van der Waals surface area contributed by atoms with E-state index in [2.05, 4.69) is 25.1 Å². The van der Waals surface area contributed by atoms with Gasteiger partial charge in [-0.1, -0.05) is 12.1 Å². The fraction of sp³-hybridized carbons (Fsp3) is 0.400. The molecule has 8 heteroatoms. The van der Waals surface area contributed by atoms with Gasteiger partial charge in [-0.25, -0.2) is 4.39 Å². The molecular formula is C20H27FIN5O. The third-order valence-corrected chi connectivity index (χ3v) is 4.61. The van der Waals surface area contributed by atoms with E-state index in [1.807, 2.05) is 19.1 Å². The lowest BCUT2D eigenvalue weighted by Crippen LogP contribution is -2.52. The molecule has 0 saturated carbocycles. The molecule has 6 nitrogen and oxygen atoms in total. The van der Waals surface area contributed by atoms with Crippen LogP contribution < -0.4 is 10.2 Å². The van der Waals surface area contributed by atoms with Crippen molar-refractivity contribution in [2.45, 2.75) is 13.0 Å². The molecule has 152 valence electrons. The van der Waals surface area contributed by atoms with Gasteiger partial charge in [-0.3, -0.25) is 9.98 Å². The van der Waals surface area contributed by atoms with Gasteiger partial charge < -0.3 is 20.2 Å². The van der Waals surface area contributed by atoms with E-state index in [4.69, 9.17) is 0 Å². The number of aliphatic hydroxyl groups is 1. The number of hydrogen-bond donors (Lipinski definition) is 2. The van der Waals surface area contributed by atoms with Crippen LogP contribution in [0.3, 0.4) is 0 Å². The Bertz CT molecular complexity index is 753. The van der Waals surface area contributed by atoms with Crippen molar-refractivity contribution in [2.75, 3.05) is 44.2 Å². The fourth-order valence-electron chi connectivity index (χ4n) is 3.16. The quantitative estimate of drug-likeness (QED) is 0.377. The van der Waals surface area contributed by atoms with Gasteiger partial charge in [0.25, 0.3) is 0 Å². The van der Waals surface area contributed by atoms with Crippen molar-refractivity contribution in [2.24, 2.45) is 4.99 Å². The molecule has 0 bridgehead atoms. The molecule has 0 aliphatic carbocycles. The molecule has 0 amide bonds. The molecule has 1 saturated heterocycles. The standard InChI is InChI=1S/C20H26FN5O.HI/c1-2-23-20(24-15-19(27)16-7-9-22-10-8-16)26-13-11-25(12-14-26)18-6-4-3-5-17(18)21;/h3-10,19,27H,2,11-15H2,1H3,(H,23,24);1H. The van der Waals surface area contributed by atoms with Crippen molar-refractivity contribution in [3.05, 3.63) is 60.2 Å². The zero-order valence-electron chi connectivity index (χ0n) is 16.0. The normalized spacial score (nSPS) is 15.8. The van der Waals surface area contributed by atoms with E-state index >= 15 is 0 Å². The number of aliphatic hydroxyl groups excluding tert-OH is 1. The van der Waals surface area contributed by atoms with E-state index < -0.39 is 6.10 Å². The second-order valence-corrected chi connectivity index (χ2v) is 6.42. The summed E-state index contributed by atoms with van der Waals surface area (Å²) in [5.41, 5.74) is 1.45. The number of aromatic nitrogens is 1. The van der Waals surface area contributed by atoms with Crippen molar-refractivity contribution < 1.29 is 9.50 Å². The number of nitrogens with zero attached hydrogens (tertiary/aromatic N) is 4. The van der Waals surface area contributed by atoms with Crippen LogP contribution in [0.4, 0.5) is 10.1 Å². The summed E-state index contributed by atoms with van der Waals surface area (Å²) in [6.07, 6.45) is 2.66. The minimum Gasteiger partial charge on any atom is -0.386 e. The number of rotatable bonds is 5. The maximum atomic E-state index is 14.0. The third-order valence-electron chi connectivity index (χ3n) is 4.61. The molecular weight excluding hydrogens is 472 g/mol. The van der Waals surface area contributed by atoms with Crippen LogP contribution in [0.1, 0.15) is 18.6 Å². The highest BCUT2D eigenvalue weighted by Crippen LogP contribution is 2.20. The second kappa shape index (κ2) is 11.2. The Labute approximate surface area is 182 Å². The lowest BCUT2D eigenvalue weighted by molar-refractivity contribution is 0.186. The Kier molecular flexibility index (Phi) is 8.91. The molecule has 0 spiro atoms. The molecule has 2 aromatic rings. The number of nitrogens with one attached hydrogen (secondary N) is 1. The fourth-order valence-corrected chi connectivity index (χ4v) is 3.16. The maximum Gasteiger partial charge on any atom is 0.194 e. The number of benzene rings is 1. The summed E-state index contributed by atoms with van der Waals surface area (Å²) in [6, 6.07) is 10.5. The summed E-state index contributed by atoms with van der Waals surface area (Å²) in [6.45, 7) is 5.97. The minimum absolute atomic E-state index is 0. The summed E-state index contributed by atoms with van der Waals surface area (Å²) in [5.74, 6) is 0.589. The van der Waals surface area contributed by atoms with Crippen LogP contribution in [0.2, 0.25) is 0 Å². The minimum atomic E-state index is -0.665. The van der Waals surface area contributed by atoms with Crippen molar-refractivity contribution >= 4 is 35.6 Å². The zero-order valence-corrected chi connectivity index (χ0v) is 18.3. The summed E-state index contributed by atoms with van der Waals surface area (Å²) in [4.78, 5) is 12.8. The largest absolute Gasteiger partial charge is 0.386 e. The summed E-state index contributed by atoms with van der Waals surface area (Å²) in [5, 5.41) is 13.6. The molecule has 1 fully saturated rings. The maximum absolute atomic E-state index is 14.0. The van der Waals surface area contributed by atoms with Crippen molar-refractivity contribution in [3.8, 4) is 0 Å². The van der Waals surface area contributed by atoms with Crippen LogP contribution >= 0.6 is 24.0 Å². The van der Waals surface area contributed by atoms with Gasteiger partial charge in [0, 0.05) is 45.1 Å². The molecule has 2 heterocycles. The van der Waals surface area contributed by atoms with E-state index in [0.29, 0.717) is 5.69 Å². The van der Waals surface area contributed by atoms with Gasteiger partial charge in [-0.15, -0.1) is 24.0 Å². The van der Waals surface area contributed by atoms with Gasteiger partial charge in [0.2, 0.25) is 0 Å². The van der Waals surface area contributed by atoms with Crippen molar-refractivity contribution in [1.82, 2.24) is 15.2 Å². The number of pyridine rings is 1. The number of halogens is 2. The predicted octanol–water partition coefficient (Wildman–Crippen LogP) is 2.66. The van der Waals surface area contributed by atoms with Gasteiger partial charge >= 0.3 is 0 Å². The molecule has 1 aliphatic rings. The molecule has 3 rings (SSSR count). The lowest BCUT2D eigenvalue weighted by Gasteiger charge is -2.37. The Balaban J connectivity index is 0.00000280. The number of para-hydroxylation sites is 1. The Morgan fingerprint density at radius 3 is 2.50 bits per heavy atom. The number of hydrogen-bond acceptors (Lipinski definition) is 4. The van der Waals surface area contributed by atoms with Crippen molar-refractivity contribution in [1.29, 1.82) is 0 Å². The first-order valence-corrected chi connectivity index (χ1v) is 9.29. The van der Waals surface area contributed by atoms with E-state index in [-0.39, 0.29) is 36.3 Å². The first-order chi connectivity index (χ1) is 13.2. The van der Waals surface area contributed by atoms with E-state index in [1.165, 1.54) is 6.07 Å². The average molecular weight is 499 g/mol. The first kappa shape index (κ1) is 22.4. The summed E-state index contributed by atoms with van der Waals surface area (Å²) < 4.78 is 14.0. The van der Waals surface area contributed by atoms with Crippen LogP contribution in [0, 0.1) is 5.82 Å². The van der Waals surface area contributed by atoms with E-state index in [0.717, 1.165) is 44.2 Å². The van der Waals surface area contributed by atoms with Crippen molar-refractivity contribution in [3.63, 3.8) is 0 Å². The second-order valence-electron chi connectivity index (χ2n) is 6.42. The third kappa shape index (κ3) is 5.78. The van der Waals surface area contributed by atoms with Crippen LogP contribution in [0.5, 0.6) is 0 Å². The van der Waals surface area contributed by atoms with E-state index in [9.17, 15) is 9.50 Å². The first-order valence-electron chi connectivity index (χ1n) is 9.29. The lowest BCUT2D eigenvalue weighted by atomic mass is 10.1. The Morgan fingerprint density at radius 1 is 1.18 bits per heavy atom. The topological polar surface area (TPSA) is 64.0 Å². The van der Waals surface area contributed by atoms with Crippen LogP contribution in [0.25, 0.3) is 0 Å². The van der Waals surface area contributed by atoms with Crippen LogP contribution in [-0.2, 0) is 0 Å². The number of anilines is 1. The monoisotopic (exact) mass is 499 g/mol. The van der Waals surface area contributed by atoms with Gasteiger partial charge in [-0.05, 0) is 36.8 Å².